The summed E-state index contributed by atoms with van der Waals surface area (Å²) in [7, 11) is 1.66. The predicted molar refractivity (Wildman–Crippen MR) is 119 cm³/mol. The van der Waals surface area contributed by atoms with Gasteiger partial charge in [-0.3, -0.25) is 4.79 Å². The molecule has 1 amide bonds. The number of nitrogens with one attached hydrogen (secondary N) is 1. The Balaban J connectivity index is 2.50. The Morgan fingerprint density at radius 3 is 2.33 bits per heavy atom. The van der Waals surface area contributed by atoms with E-state index in [1.54, 1.807) is 45.7 Å². The Kier molecular flexibility index (Phi) is 7.75. The SMILES string of the molecule is CCC(=O)Nc1cccc(Cc2ccccc2)c1N(C)[C@@H](C=O)C(=O)OC(C)(C)C. The Morgan fingerprint density at radius 1 is 1.10 bits per heavy atom. The van der Waals surface area contributed by atoms with Gasteiger partial charge in [-0.25, -0.2) is 4.79 Å². The van der Waals surface area contributed by atoms with E-state index in [9.17, 15) is 14.4 Å². The van der Waals surface area contributed by atoms with Crippen LogP contribution in [-0.2, 0) is 25.5 Å². The van der Waals surface area contributed by atoms with Crippen molar-refractivity contribution in [3.8, 4) is 0 Å². The highest BCUT2D eigenvalue weighted by molar-refractivity contribution is 6.00. The van der Waals surface area contributed by atoms with E-state index in [2.05, 4.69) is 5.32 Å². The monoisotopic (exact) mass is 410 g/mol. The van der Waals surface area contributed by atoms with Gasteiger partial charge in [0.1, 0.15) is 5.60 Å². The average Bonchev–Trinajstić information content (AvgIpc) is 2.68. The van der Waals surface area contributed by atoms with E-state index in [0.717, 1.165) is 11.1 Å². The van der Waals surface area contributed by atoms with Crippen LogP contribution in [0.3, 0.4) is 0 Å². The standard InChI is InChI=1S/C24H30N2O4/c1-6-21(28)25-19-14-10-13-18(15-17-11-8-7-9-12-17)22(19)26(5)20(16-27)23(29)30-24(2,3)4/h7-14,16,20H,6,15H2,1-5H3,(H,25,28)/t20-/m0/s1. The Hall–Kier alpha value is -3.15. The molecule has 6 nitrogen and oxygen atoms in total. The molecule has 0 spiro atoms. The number of amides is 1. The summed E-state index contributed by atoms with van der Waals surface area (Å²) in [6.07, 6.45) is 1.46. The lowest BCUT2D eigenvalue weighted by molar-refractivity contribution is -0.156. The van der Waals surface area contributed by atoms with Gasteiger partial charge in [-0.1, -0.05) is 49.4 Å². The zero-order valence-electron chi connectivity index (χ0n) is 18.3. The van der Waals surface area contributed by atoms with Gasteiger partial charge in [-0.15, -0.1) is 0 Å². The molecule has 2 rings (SSSR count). The Morgan fingerprint density at radius 2 is 1.77 bits per heavy atom. The highest BCUT2D eigenvalue weighted by Crippen LogP contribution is 2.33. The third-order valence-electron chi connectivity index (χ3n) is 4.50. The van der Waals surface area contributed by atoms with Gasteiger partial charge in [-0.2, -0.15) is 0 Å². The van der Waals surface area contributed by atoms with Crippen molar-refractivity contribution in [1.29, 1.82) is 0 Å². The zero-order valence-corrected chi connectivity index (χ0v) is 18.3. The molecule has 30 heavy (non-hydrogen) atoms. The van der Waals surface area contributed by atoms with E-state index in [0.29, 0.717) is 30.5 Å². The third kappa shape index (κ3) is 6.17. The number of esters is 1. The van der Waals surface area contributed by atoms with E-state index in [4.69, 9.17) is 4.74 Å². The Labute approximate surface area is 178 Å². The molecule has 0 radical (unpaired) electrons. The number of hydrogen-bond acceptors (Lipinski definition) is 5. The molecular weight excluding hydrogens is 380 g/mol. The van der Waals surface area contributed by atoms with Crippen LogP contribution in [0.2, 0.25) is 0 Å². The van der Waals surface area contributed by atoms with Crippen LogP contribution in [0.1, 0.15) is 45.2 Å². The van der Waals surface area contributed by atoms with Gasteiger partial charge in [0.2, 0.25) is 5.91 Å². The fourth-order valence-electron chi connectivity index (χ4n) is 3.11. The minimum atomic E-state index is -1.14. The molecule has 2 aromatic carbocycles. The van der Waals surface area contributed by atoms with Crippen LogP contribution in [0.25, 0.3) is 0 Å². The molecule has 1 atom stereocenters. The van der Waals surface area contributed by atoms with Crippen LogP contribution < -0.4 is 10.2 Å². The van der Waals surface area contributed by atoms with E-state index in [1.165, 1.54) is 0 Å². The molecule has 0 aliphatic rings. The van der Waals surface area contributed by atoms with Crippen molar-refractivity contribution >= 4 is 29.5 Å². The van der Waals surface area contributed by atoms with Crippen LogP contribution in [0.15, 0.2) is 48.5 Å². The number of rotatable bonds is 8. The second kappa shape index (κ2) is 10.1. The van der Waals surface area contributed by atoms with Crippen molar-refractivity contribution in [3.05, 3.63) is 59.7 Å². The second-order valence-corrected chi connectivity index (χ2v) is 8.10. The maximum absolute atomic E-state index is 12.7. The minimum Gasteiger partial charge on any atom is -0.458 e. The van der Waals surface area contributed by atoms with Crippen LogP contribution in [0.4, 0.5) is 11.4 Å². The lowest BCUT2D eigenvalue weighted by Gasteiger charge is -2.31. The molecule has 0 aliphatic carbocycles. The number of benzene rings is 2. The predicted octanol–water partition coefficient (Wildman–Crippen LogP) is 3.97. The lowest BCUT2D eigenvalue weighted by Crippen LogP contribution is -2.44. The smallest absolute Gasteiger partial charge is 0.336 e. The summed E-state index contributed by atoms with van der Waals surface area (Å²) in [5.74, 6) is -0.788. The van der Waals surface area contributed by atoms with Crippen molar-refractivity contribution in [2.75, 3.05) is 17.3 Å². The number of para-hydroxylation sites is 1. The minimum absolute atomic E-state index is 0.151. The lowest BCUT2D eigenvalue weighted by atomic mass is 10.0. The van der Waals surface area contributed by atoms with Crippen LogP contribution >= 0.6 is 0 Å². The van der Waals surface area contributed by atoms with Gasteiger partial charge >= 0.3 is 5.97 Å². The summed E-state index contributed by atoms with van der Waals surface area (Å²) < 4.78 is 5.43. The van der Waals surface area contributed by atoms with Crippen LogP contribution in [0.5, 0.6) is 0 Å². The second-order valence-electron chi connectivity index (χ2n) is 8.10. The summed E-state index contributed by atoms with van der Waals surface area (Å²) >= 11 is 0. The summed E-state index contributed by atoms with van der Waals surface area (Å²) in [5.41, 5.74) is 2.40. The molecule has 1 N–H and O–H groups in total. The highest BCUT2D eigenvalue weighted by Gasteiger charge is 2.30. The van der Waals surface area contributed by atoms with Gasteiger partial charge in [0.05, 0.1) is 11.4 Å². The first-order valence-electron chi connectivity index (χ1n) is 10.0. The van der Waals surface area contributed by atoms with Crippen molar-refractivity contribution in [2.45, 2.75) is 52.2 Å². The largest absolute Gasteiger partial charge is 0.458 e. The molecule has 6 heteroatoms. The summed E-state index contributed by atoms with van der Waals surface area (Å²) in [5, 5.41) is 2.88. The molecule has 2 aromatic rings. The molecule has 0 saturated heterocycles. The number of carbonyl (C=O) groups is 3. The van der Waals surface area contributed by atoms with Gasteiger partial charge in [0.25, 0.3) is 0 Å². The summed E-state index contributed by atoms with van der Waals surface area (Å²) in [6, 6.07) is 14.3. The fraction of sp³-hybridized carbons (Fsp3) is 0.375. The van der Waals surface area contributed by atoms with Crippen molar-refractivity contribution in [3.63, 3.8) is 0 Å². The quantitative estimate of drug-likeness (QED) is 0.405. The molecule has 0 heterocycles. The van der Waals surface area contributed by atoms with E-state index in [1.807, 2.05) is 42.5 Å². The molecule has 0 aliphatic heterocycles. The molecule has 0 fully saturated rings. The first-order valence-corrected chi connectivity index (χ1v) is 10.0. The molecular formula is C24H30N2O4. The summed E-state index contributed by atoms with van der Waals surface area (Å²) in [4.78, 5) is 38.2. The Bertz CT molecular complexity index is 888. The van der Waals surface area contributed by atoms with Crippen LogP contribution in [-0.4, -0.2) is 36.9 Å². The number of carbonyl (C=O) groups excluding carboxylic acids is 3. The van der Waals surface area contributed by atoms with Gasteiger partial charge in [-0.05, 0) is 44.4 Å². The van der Waals surface area contributed by atoms with Crippen molar-refractivity contribution in [2.24, 2.45) is 0 Å². The molecule has 160 valence electrons. The number of hydrogen-bond donors (Lipinski definition) is 1. The third-order valence-corrected chi connectivity index (χ3v) is 4.50. The number of ether oxygens (including phenoxy) is 1. The van der Waals surface area contributed by atoms with Gasteiger partial charge in [0.15, 0.2) is 12.3 Å². The zero-order chi connectivity index (χ0) is 22.3. The normalized spacial score (nSPS) is 12.0. The fourth-order valence-corrected chi connectivity index (χ4v) is 3.11. The maximum atomic E-state index is 12.7. The van der Waals surface area contributed by atoms with E-state index < -0.39 is 17.6 Å². The number of nitrogens with zero attached hydrogens (tertiary/aromatic N) is 1. The van der Waals surface area contributed by atoms with E-state index in [-0.39, 0.29) is 5.91 Å². The van der Waals surface area contributed by atoms with Crippen molar-refractivity contribution < 1.29 is 19.1 Å². The van der Waals surface area contributed by atoms with Gasteiger partial charge < -0.3 is 19.7 Å². The summed E-state index contributed by atoms with van der Waals surface area (Å²) in [6.45, 7) is 7.02. The number of anilines is 2. The van der Waals surface area contributed by atoms with Crippen molar-refractivity contribution in [1.82, 2.24) is 0 Å². The first kappa shape index (κ1) is 23.1. The number of aldehydes is 1. The topological polar surface area (TPSA) is 75.7 Å². The van der Waals surface area contributed by atoms with Gasteiger partial charge in [0, 0.05) is 13.5 Å². The molecule has 0 aromatic heterocycles. The highest BCUT2D eigenvalue weighted by atomic mass is 16.6. The maximum Gasteiger partial charge on any atom is 0.336 e. The molecule has 0 saturated carbocycles. The first-order chi connectivity index (χ1) is 14.2. The average molecular weight is 411 g/mol. The van der Waals surface area contributed by atoms with Crippen LogP contribution in [0, 0.1) is 0 Å². The van der Waals surface area contributed by atoms with E-state index >= 15 is 0 Å². The number of likely N-dealkylation sites (N-methyl/N-ethyl adjacent to an activating group) is 1. The molecule has 0 unspecified atom stereocenters. The molecule has 0 bridgehead atoms.